The lowest BCUT2D eigenvalue weighted by Crippen LogP contribution is -2.36. The monoisotopic (exact) mass is 263 g/mol. The zero-order valence-electron chi connectivity index (χ0n) is 12.2. The Bertz CT molecular complexity index is 376. The van der Waals surface area contributed by atoms with Crippen LogP contribution in [0.3, 0.4) is 0 Å². The Morgan fingerprint density at radius 1 is 1.26 bits per heavy atom. The van der Waals surface area contributed by atoms with Crippen LogP contribution in [0.25, 0.3) is 0 Å². The minimum atomic E-state index is -0.752. The molecule has 3 heteroatoms. The molecule has 0 aliphatic carbocycles. The SMILES string of the molecule is CCCC(c1ccccc1)N(CC(=O)O)CC(C)C. The highest BCUT2D eigenvalue weighted by Gasteiger charge is 2.22. The van der Waals surface area contributed by atoms with Crippen LogP contribution >= 0.6 is 0 Å². The third kappa shape index (κ3) is 5.43. The lowest BCUT2D eigenvalue weighted by atomic mass is 9.99. The predicted octanol–water partition coefficient (Wildman–Crippen LogP) is 3.57. The van der Waals surface area contributed by atoms with Crippen molar-refractivity contribution in [2.24, 2.45) is 5.92 Å². The molecule has 0 radical (unpaired) electrons. The zero-order chi connectivity index (χ0) is 14.3. The smallest absolute Gasteiger partial charge is 0.317 e. The van der Waals surface area contributed by atoms with E-state index < -0.39 is 5.97 Å². The maximum Gasteiger partial charge on any atom is 0.317 e. The highest BCUT2D eigenvalue weighted by atomic mass is 16.4. The summed E-state index contributed by atoms with van der Waals surface area (Å²) in [6.07, 6.45) is 2.04. The number of aliphatic carboxylic acids is 1. The van der Waals surface area contributed by atoms with E-state index in [-0.39, 0.29) is 12.6 Å². The van der Waals surface area contributed by atoms with E-state index in [4.69, 9.17) is 5.11 Å². The lowest BCUT2D eigenvalue weighted by molar-refractivity contribution is -0.139. The largest absolute Gasteiger partial charge is 0.480 e. The van der Waals surface area contributed by atoms with Gasteiger partial charge in [0.25, 0.3) is 0 Å². The lowest BCUT2D eigenvalue weighted by Gasteiger charge is -2.32. The van der Waals surface area contributed by atoms with Crippen molar-refractivity contribution in [1.29, 1.82) is 0 Å². The van der Waals surface area contributed by atoms with E-state index >= 15 is 0 Å². The Balaban J connectivity index is 2.93. The maximum absolute atomic E-state index is 11.1. The number of rotatable bonds is 8. The molecule has 1 rings (SSSR count). The van der Waals surface area contributed by atoms with Gasteiger partial charge in [-0.1, -0.05) is 57.5 Å². The second-order valence-corrected chi connectivity index (χ2v) is 5.43. The average Bonchev–Trinajstić information content (AvgIpc) is 2.35. The van der Waals surface area contributed by atoms with Crippen LogP contribution in [0.2, 0.25) is 0 Å². The molecule has 1 atom stereocenters. The Hall–Kier alpha value is -1.35. The van der Waals surface area contributed by atoms with Crippen LogP contribution in [-0.2, 0) is 4.79 Å². The third-order valence-corrected chi connectivity index (χ3v) is 3.13. The topological polar surface area (TPSA) is 40.5 Å². The molecule has 1 aromatic carbocycles. The second-order valence-electron chi connectivity index (χ2n) is 5.43. The first-order valence-electron chi connectivity index (χ1n) is 7.05. The minimum Gasteiger partial charge on any atom is -0.480 e. The molecule has 1 unspecified atom stereocenters. The van der Waals surface area contributed by atoms with E-state index in [1.807, 2.05) is 18.2 Å². The van der Waals surface area contributed by atoms with Gasteiger partial charge in [-0.2, -0.15) is 0 Å². The van der Waals surface area contributed by atoms with Gasteiger partial charge in [-0.25, -0.2) is 0 Å². The molecule has 1 aromatic rings. The van der Waals surface area contributed by atoms with Gasteiger partial charge >= 0.3 is 5.97 Å². The van der Waals surface area contributed by atoms with Crippen molar-refractivity contribution in [3.05, 3.63) is 35.9 Å². The molecule has 0 aliphatic heterocycles. The molecule has 0 aromatic heterocycles. The fraction of sp³-hybridized carbons (Fsp3) is 0.562. The number of carboxylic acid groups (broad SMARTS) is 1. The minimum absolute atomic E-state index is 0.109. The number of nitrogens with zero attached hydrogens (tertiary/aromatic N) is 1. The van der Waals surface area contributed by atoms with Crippen molar-refractivity contribution >= 4 is 5.97 Å². The summed E-state index contributed by atoms with van der Waals surface area (Å²) >= 11 is 0. The Morgan fingerprint density at radius 2 is 1.89 bits per heavy atom. The second kappa shape index (κ2) is 7.95. The van der Waals surface area contributed by atoms with Gasteiger partial charge in [0.05, 0.1) is 6.54 Å². The van der Waals surface area contributed by atoms with E-state index in [0.717, 1.165) is 19.4 Å². The van der Waals surface area contributed by atoms with Gasteiger partial charge < -0.3 is 5.11 Å². The number of hydrogen-bond donors (Lipinski definition) is 1. The normalized spacial score (nSPS) is 12.9. The third-order valence-electron chi connectivity index (χ3n) is 3.13. The molecule has 0 saturated carbocycles. The first-order chi connectivity index (χ1) is 9.04. The summed E-state index contributed by atoms with van der Waals surface area (Å²) in [4.78, 5) is 13.2. The summed E-state index contributed by atoms with van der Waals surface area (Å²) in [6.45, 7) is 7.32. The van der Waals surface area contributed by atoms with Crippen LogP contribution in [0, 0.1) is 5.92 Å². The molecule has 106 valence electrons. The van der Waals surface area contributed by atoms with Crippen molar-refractivity contribution in [1.82, 2.24) is 4.90 Å². The van der Waals surface area contributed by atoms with Crippen LogP contribution in [-0.4, -0.2) is 29.1 Å². The molecule has 0 heterocycles. The van der Waals surface area contributed by atoms with Crippen LogP contribution < -0.4 is 0 Å². The average molecular weight is 263 g/mol. The molecule has 0 spiro atoms. The molecule has 0 saturated heterocycles. The fourth-order valence-electron chi connectivity index (χ4n) is 2.45. The molecule has 1 N–H and O–H groups in total. The Labute approximate surface area is 116 Å². The standard InChI is InChI=1S/C16H25NO2/c1-4-8-15(14-9-6-5-7-10-14)17(11-13(2)3)12-16(18)19/h5-7,9-10,13,15H,4,8,11-12H2,1-3H3,(H,18,19). The summed E-state index contributed by atoms with van der Waals surface area (Å²) in [5.74, 6) is -0.292. The summed E-state index contributed by atoms with van der Waals surface area (Å²) in [6, 6.07) is 10.4. The summed E-state index contributed by atoms with van der Waals surface area (Å²) < 4.78 is 0. The zero-order valence-corrected chi connectivity index (χ0v) is 12.2. The summed E-state index contributed by atoms with van der Waals surface area (Å²) in [5.41, 5.74) is 1.21. The van der Waals surface area contributed by atoms with E-state index in [2.05, 4.69) is 37.8 Å². The first kappa shape index (κ1) is 15.7. The van der Waals surface area contributed by atoms with Gasteiger partial charge in [-0.3, -0.25) is 9.69 Å². The van der Waals surface area contributed by atoms with Gasteiger partial charge in [0.2, 0.25) is 0 Å². The predicted molar refractivity (Wildman–Crippen MR) is 78.1 cm³/mol. The van der Waals surface area contributed by atoms with Crippen molar-refractivity contribution in [2.45, 2.75) is 39.7 Å². The van der Waals surface area contributed by atoms with Gasteiger partial charge in [-0.05, 0) is 17.9 Å². The van der Waals surface area contributed by atoms with Crippen LogP contribution in [0.1, 0.15) is 45.2 Å². The van der Waals surface area contributed by atoms with Gasteiger partial charge in [0, 0.05) is 12.6 Å². The van der Waals surface area contributed by atoms with Gasteiger partial charge in [0.15, 0.2) is 0 Å². The molecule has 0 aliphatic rings. The van der Waals surface area contributed by atoms with Crippen molar-refractivity contribution in [3.63, 3.8) is 0 Å². The molecule has 19 heavy (non-hydrogen) atoms. The fourth-order valence-corrected chi connectivity index (χ4v) is 2.45. The molecular formula is C16H25NO2. The quantitative estimate of drug-likeness (QED) is 0.779. The van der Waals surface area contributed by atoms with Crippen molar-refractivity contribution < 1.29 is 9.90 Å². The van der Waals surface area contributed by atoms with Crippen molar-refractivity contribution in [3.8, 4) is 0 Å². The van der Waals surface area contributed by atoms with Crippen LogP contribution in [0.4, 0.5) is 0 Å². The molecule has 0 bridgehead atoms. The summed E-state index contributed by atoms with van der Waals surface area (Å²) in [5, 5.41) is 9.12. The number of benzene rings is 1. The van der Waals surface area contributed by atoms with E-state index in [1.54, 1.807) is 0 Å². The number of hydrogen-bond acceptors (Lipinski definition) is 2. The highest BCUT2D eigenvalue weighted by molar-refractivity contribution is 5.69. The van der Waals surface area contributed by atoms with E-state index in [9.17, 15) is 4.79 Å². The molecule has 0 fully saturated rings. The van der Waals surface area contributed by atoms with E-state index in [1.165, 1.54) is 5.56 Å². The molecular weight excluding hydrogens is 238 g/mol. The Morgan fingerprint density at radius 3 is 2.37 bits per heavy atom. The van der Waals surface area contributed by atoms with Crippen LogP contribution in [0.5, 0.6) is 0 Å². The number of carbonyl (C=O) groups is 1. The van der Waals surface area contributed by atoms with Gasteiger partial charge in [-0.15, -0.1) is 0 Å². The Kier molecular flexibility index (Phi) is 6.57. The summed E-state index contributed by atoms with van der Waals surface area (Å²) in [7, 11) is 0. The van der Waals surface area contributed by atoms with Crippen molar-refractivity contribution in [2.75, 3.05) is 13.1 Å². The number of carboxylic acids is 1. The maximum atomic E-state index is 11.1. The van der Waals surface area contributed by atoms with E-state index in [0.29, 0.717) is 5.92 Å². The highest BCUT2D eigenvalue weighted by Crippen LogP contribution is 2.26. The van der Waals surface area contributed by atoms with Gasteiger partial charge in [0.1, 0.15) is 0 Å². The first-order valence-corrected chi connectivity index (χ1v) is 7.05. The molecule has 0 amide bonds. The molecule has 3 nitrogen and oxygen atoms in total. The van der Waals surface area contributed by atoms with Crippen LogP contribution in [0.15, 0.2) is 30.3 Å².